The maximum atomic E-state index is 13.6. The summed E-state index contributed by atoms with van der Waals surface area (Å²) in [6.07, 6.45) is 2.74. The number of carbonyl (C=O) groups is 1. The second-order valence-electron chi connectivity index (χ2n) is 4.52. The summed E-state index contributed by atoms with van der Waals surface area (Å²) in [7, 11) is 1.55. The molecule has 0 spiro atoms. The van der Waals surface area contributed by atoms with Crippen LogP contribution in [0, 0.1) is 15.9 Å². The lowest BCUT2D eigenvalue weighted by molar-refractivity contribution is -0.384. The standard InChI is InChI=1S/C16H13FN2O4/c1-23-13-6-2-11(3-7-13)4-9-16(20)18-15-10-12(19(21)22)5-8-14(15)17/h2-10H,1H3,(H,18,20). The third-order valence-electron chi connectivity index (χ3n) is 2.96. The van der Waals surface area contributed by atoms with Gasteiger partial charge in [-0.15, -0.1) is 0 Å². The first-order chi connectivity index (χ1) is 11.0. The van der Waals surface area contributed by atoms with Crippen molar-refractivity contribution in [1.82, 2.24) is 0 Å². The highest BCUT2D eigenvalue weighted by Crippen LogP contribution is 2.21. The average molecular weight is 316 g/mol. The molecule has 0 fully saturated rings. The van der Waals surface area contributed by atoms with E-state index in [9.17, 15) is 19.3 Å². The predicted octanol–water partition coefficient (Wildman–Crippen LogP) is 3.39. The van der Waals surface area contributed by atoms with Crippen LogP contribution < -0.4 is 10.1 Å². The van der Waals surface area contributed by atoms with Crippen LogP contribution in [0.3, 0.4) is 0 Å². The van der Waals surface area contributed by atoms with Gasteiger partial charge in [0.15, 0.2) is 0 Å². The van der Waals surface area contributed by atoms with E-state index in [1.807, 2.05) is 0 Å². The Kier molecular flexibility index (Phi) is 5.03. The number of hydrogen-bond acceptors (Lipinski definition) is 4. The summed E-state index contributed by atoms with van der Waals surface area (Å²) in [5.41, 5.74) is 0.199. The molecule has 0 heterocycles. The van der Waals surface area contributed by atoms with Crippen molar-refractivity contribution in [2.45, 2.75) is 0 Å². The summed E-state index contributed by atoms with van der Waals surface area (Å²) >= 11 is 0. The zero-order chi connectivity index (χ0) is 16.8. The minimum atomic E-state index is -0.748. The molecule has 0 radical (unpaired) electrons. The van der Waals surface area contributed by atoms with Gasteiger partial charge in [-0.2, -0.15) is 0 Å². The van der Waals surface area contributed by atoms with Gasteiger partial charge >= 0.3 is 0 Å². The minimum Gasteiger partial charge on any atom is -0.497 e. The van der Waals surface area contributed by atoms with E-state index in [-0.39, 0.29) is 11.4 Å². The minimum absolute atomic E-state index is 0.247. The van der Waals surface area contributed by atoms with Gasteiger partial charge in [-0.1, -0.05) is 12.1 Å². The summed E-state index contributed by atoms with van der Waals surface area (Å²) in [5.74, 6) is -0.660. The van der Waals surface area contributed by atoms with Gasteiger partial charge < -0.3 is 10.1 Å². The van der Waals surface area contributed by atoms with Gasteiger partial charge in [0.2, 0.25) is 5.91 Å². The molecular formula is C16H13FN2O4. The molecule has 2 aromatic rings. The predicted molar refractivity (Wildman–Crippen MR) is 83.7 cm³/mol. The highest BCUT2D eigenvalue weighted by molar-refractivity contribution is 6.02. The van der Waals surface area contributed by atoms with Crippen LogP contribution in [0.15, 0.2) is 48.5 Å². The van der Waals surface area contributed by atoms with Crippen LogP contribution in [0.2, 0.25) is 0 Å². The topological polar surface area (TPSA) is 81.5 Å². The first-order valence-electron chi connectivity index (χ1n) is 6.56. The number of amides is 1. The van der Waals surface area contributed by atoms with Gasteiger partial charge in [-0.05, 0) is 29.8 Å². The lowest BCUT2D eigenvalue weighted by Crippen LogP contribution is -2.09. The number of nitro groups is 1. The van der Waals surface area contributed by atoms with E-state index in [0.29, 0.717) is 5.75 Å². The molecule has 0 aliphatic heterocycles. The van der Waals surface area contributed by atoms with Crippen molar-refractivity contribution < 1.29 is 18.8 Å². The number of nitrogens with one attached hydrogen (secondary N) is 1. The number of nitrogens with zero attached hydrogens (tertiary/aromatic N) is 1. The monoisotopic (exact) mass is 316 g/mol. The zero-order valence-corrected chi connectivity index (χ0v) is 12.2. The maximum Gasteiger partial charge on any atom is 0.271 e. The van der Waals surface area contributed by atoms with Crippen molar-refractivity contribution >= 4 is 23.4 Å². The molecule has 0 aliphatic carbocycles. The number of hydrogen-bond donors (Lipinski definition) is 1. The first-order valence-corrected chi connectivity index (χ1v) is 6.56. The van der Waals surface area contributed by atoms with Gasteiger partial charge in [0.25, 0.3) is 5.69 Å². The van der Waals surface area contributed by atoms with Gasteiger partial charge in [0.1, 0.15) is 11.6 Å². The molecule has 23 heavy (non-hydrogen) atoms. The lowest BCUT2D eigenvalue weighted by Gasteiger charge is -2.03. The molecular weight excluding hydrogens is 303 g/mol. The summed E-state index contributed by atoms with van der Waals surface area (Å²) in [4.78, 5) is 21.8. The molecule has 0 atom stereocenters. The van der Waals surface area contributed by atoms with Gasteiger partial charge in [-0.25, -0.2) is 4.39 Å². The van der Waals surface area contributed by atoms with E-state index < -0.39 is 16.6 Å². The molecule has 1 N–H and O–H groups in total. The fourth-order valence-electron chi connectivity index (χ4n) is 1.78. The van der Waals surface area contributed by atoms with Crippen LogP contribution in [0.1, 0.15) is 5.56 Å². The normalized spacial score (nSPS) is 10.5. The molecule has 118 valence electrons. The average Bonchev–Trinajstić information content (AvgIpc) is 2.55. The third kappa shape index (κ3) is 4.37. The Hall–Kier alpha value is -3.22. The molecule has 1 amide bonds. The van der Waals surface area contributed by atoms with Crippen LogP contribution in [-0.4, -0.2) is 17.9 Å². The van der Waals surface area contributed by atoms with E-state index in [4.69, 9.17) is 4.74 Å². The van der Waals surface area contributed by atoms with Crippen molar-refractivity contribution in [3.05, 3.63) is 70.0 Å². The van der Waals surface area contributed by atoms with Crippen molar-refractivity contribution in [3.8, 4) is 5.75 Å². The Morgan fingerprint density at radius 1 is 1.26 bits per heavy atom. The fourth-order valence-corrected chi connectivity index (χ4v) is 1.78. The molecule has 6 nitrogen and oxygen atoms in total. The molecule has 2 rings (SSSR count). The Bertz CT molecular complexity index is 757. The Balaban J connectivity index is 2.08. The zero-order valence-electron chi connectivity index (χ0n) is 12.2. The van der Waals surface area contributed by atoms with Crippen molar-refractivity contribution in [2.75, 3.05) is 12.4 Å². The Morgan fingerprint density at radius 2 is 1.96 bits per heavy atom. The molecule has 0 bridgehead atoms. The largest absolute Gasteiger partial charge is 0.497 e. The quantitative estimate of drug-likeness (QED) is 0.521. The molecule has 0 unspecified atom stereocenters. The van der Waals surface area contributed by atoms with Crippen molar-refractivity contribution in [1.29, 1.82) is 0 Å². The number of rotatable bonds is 5. The summed E-state index contributed by atoms with van der Waals surface area (Å²) < 4.78 is 18.6. The fraction of sp³-hybridized carbons (Fsp3) is 0.0625. The second-order valence-corrected chi connectivity index (χ2v) is 4.52. The van der Waals surface area contributed by atoms with E-state index >= 15 is 0 Å². The highest BCUT2D eigenvalue weighted by Gasteiger charge is 2.11. The molecule has 0 saturated heterocycles. The van der Waals surface area contributed by atoms with E-state index in [1.54, 1.807) is 31.4 Å². The second kappa shape index (κ2) is 7.17. The number of anilines is 1. The number of methoxy groups -OCH3 is 1. The number of nitro benzene ring substituents is 1. The number of carbonyl (C=O) groups excluding carboxylic acids is 1. The first kappa shape index (κ1) is 16.2. The molecule has 7 heteroatoms. The van der Waals surface area contributed by atoms with Crippen LogP contribution in [0.4, 0.5) is 15.8 Å². The van der Waals surface area contributed by atoms with Gasteiger partial charge in [-0.3, -0.25) is 14.9 Å². The maximum absolute atomic E-state index is 13.6. The molecule has 0 saturated carbocycles. The van der Waals surface area contributed by atoms with Crippen LogP contribution in [0.25, 0.3) is 6.08 Å². The summed E-state index contributed by atoms with van der Waals surface area (Å²) in [5, 5.41) is 12.9. The lowest BCUT2D eigenvalue weighted by atomic mass is 10.2. The summed E-state index contributed by atoms with van der Waals surface area (Å²) in [6, 6.07) is 9.89. The van der Waals surface area contributed by atoms with Gasteiger partial charge in [0.05, 0.1) is 17.7 Å². The smallest absolute Gasteiger partial charge is 0.271 e. The molecule has 0 aliphatic rings. The number of ether oxygens (including phenoxy) is 1. The number of benzene rings is 2. The van der Waals surface area contributed by atoms with Crippen LogP contribution >= 0.6 is 0 Å². The number of non-ortho nitro benzene ring substituents is 1. The summed E-state index contributed by atoms with van der Waals surface area (Å²) in [6.45, 7) is 0. The third-order valence-corrected chi connectivity index (χ3v) is 2.96. The Labute approximate surface area is 131 Å². The SMILES string of the molecule is COc1ccc(C=CC(=O)Nc2cc([N+](=O)[O-])ccc2F)cc1. The van der Waals surface area contributed by atoms with E-state index in [1.165, 1.54) is 12.2 Å². The Morgan fingerprint density at radius 3 is 2.57 bits per heavy atom. The van der Waals surface area contributed by atoms with Crippen molar-refractivity contribution in [2.24, 2.45) is 0 Å². The van der Waals surface area contributed by atoms with Crippen molar-refractivity contribution in [3.63, 3.8) is 0 Å². The molecule has 0 aromatic heterocycles. The molecule has 2 aromatic carbocycles. The highest BCUT2D eigenvalue weighted by atomic mass is 19.1. The van der Waals surface area contributed by atoms with E-state index in [2.05, 4.69) is 5.32 Å². The van der Waals surface area contributed by atoms with Crippen LogP contribution in [0.5, 0.6) is 5.75 Å². The van der Waals surface area contributed by atoms with Crippen LogP contribution in [-0.2, 0) is 4.79 Å². The van der Waals surface area contributed by atoms with Gasteiger partial charge in [0, 0.05) is 18.2 Å². The van der Waals surface area contributed by atoms with E-state index in [0.717, 1.165) is 23.8 Å². The number of halogens is 1.